The summed E-state index contributed by atoms with van der Waals surface area (Å²) in [7, 11) is 0. The van der Waals surface area contributed by atoms with E-state index in [9.17, 15) is 14.4 Å². The van der Waals surface area contributed by atoms with Crippen LogP contribution in [0, 0.1) is 0 Å². The molecule has 0 spiro atoms. The van der Waals surface area contributed by atoms with Crippen LogP contribution in [0.5, 0.6) is 11.5 Å². The van der Waals surface area contributed by atoms with Crippen molar-refractivity contribution in [3.8, 4) is 11.5 Å². The Hall–Kier alpha value is -3.26. The molecule has 2 aromatic rings. The fourth-order valence-electron chi connectivity index (χ4n) is 3.09. The average Bonchev–Trinajstić information content (AvgIpc) is 3.02. The third kappa shape index (κ3) is 4.12. The van der Waals surface area contributed by atoms with Gasteiger partial charge in [0.2, 0.25) is 0 Å². The van der Waals surface area contributed by atoms with Crippen LogP contribution in [-0.4, -0.2) is 41.3 Å². The Balaban J connectivity index is 1.34. The predicted octanol–water partition coefficient (Wildman–Crippen LogP) is 3.27. The second-order valence-electron chi connectivity index (χ2n) is 6.48. The summed E-state index contributed by atoms with van der Waals surface area (Å²) >= 11 is 0.879. The number of carbonyl (C=O) groups is 3. The normalized spacial score (nSPS) is 19.8. The van der Waals surface area contributed by atoms with Crippen molar-refractivity contribution in [3.05, 3.63) is 64.6 Å². The molecule has 1 saturated heterocycles. The summed E-state index contributed by atoms with van der Waals surface area (Å²) in [6.45, 7) is 2.53. The summed E-state index contributed by atoms with van der Waals surface area (Å²) in [5.41, 5.74) is 1.34. The van der Waals surface area contributed by atoms with Gasteiger partial charge in [-0.25, -0.2) is 0 Å². The van der Waals surface area contributed by atoms with Crippen molar-refractivity contribution in [3.63, 3.8) is 0 Å². The van der Waals surface area contributed by atoms with E-state index >= 15 is 0 Å². The first-order valence-electron chi connectivity index (χ1n) is 9.05. The minimum atomic E-state index is -0.385. The highest BCUT2D eigenvalue weighted by Crippen LogP contribution is 2.28. The fraction of sp³-hybridized carbons (Fsp3) is 0.190. The van der Waals surface area contributed by atoms with E-state index in [2.05, 4.69) is 5.32 Å². The maximum Gasteiger partial charge on any atom is 0.290 e. The van der Waals surface area contributed by atoms with Crippen molar-refractivity contribution in [1.82, 2.24) is 10.2 Å². The molecule has 148 valence electrons. The van der Waals surface area contributed by atoms with E-state index in [-0.39, 0.29) is 23.3 Å². The van der Waals surface area contributed by atoms with E-state index in [1.165, 1.54) is 0 Å². The summed E-state index contributed by atoms with van der Waals surface area (Å²) in [6, 6.07) is 14.3. The van der Waals surface area contributed by atoms with E-state index in [1.807, 2.05) is 19.1 Å². The number of thioether (sulfide) groups is 1. The van der Waals surface area contributed by atoms with Gasteiger partial charge < -0.3 is 9.47 Å². The van der Waals surface area contributed by atoms with Gasteiger partial charge in [-0.3, -0.25) is 24.6 Å². The maximum absolute atomic E-state index is 12.7. The number of amides is 3. The van der Waals surface area contributed by atoms with Crippen LogP contribution in [0.1, 0.15) is 22.8 Å². The number of rotatable bonds is 5. The van der Waals surface area contributed by atoms with Gasteiger partial charge in [0.15, 0.2) is 6.23 Å². The van der Waals surface area contributed by atoms with Crippen molar-refractivity contribution < 1.29 is 23.9 Å². The average molecular weight is 410 g/mol. The number of benzene rings is 2. The summed E-state index contributed by atoms with van der Waals surface area (Å²) in [5.74, 6) is 0.782. The molecule has 2 aliphatic rings. The highest BCUT2D eigenvalue weighted by atomic mass is 32.2. The molecular formula is C21H18N2O5S. The van der Waals surface area contributed by atoms with Crippen molar-refractivity contribution in [2.24, 2.45) is 0 Å². The Labute approximate surface area is 171 Å². The largest absolute Gasteiger partial charge is 0.492 e. The zero-order valence-corrected chi connectivity index (χ0v) is 16.4. The Morgan fingerprint density at radius 1 is 1.14 bits per heavy atom. The number of imide groups is 1. The van der Waals surface area contributed by atoms with Gasteiger partial charge in [0, 0.05) is 0 Å². The van der Waals surface area contributed by atoms with Crippen molar-refractivity contribution in [1.29, 1.82) is 0 Å². The number of fused-ring (bicyclic) bond motifs is 1. The second-order valence-corrected chi connectivity index (χ2v) is 7.50. The van der Waals surface area contributed by atoms with E-state index in [0.29, 0.717) is 35.1 Å². The van der Waals surface area contributed by atoms with Crippen LogP contribution in [0.2, 0.25) is 0 Å². The molecule has 8 heteroatoms. The smallest absolute Gasteiger partial charge is 0.290 e. The molecule has 1 unspecified atom stereocenters. The van der Waals surface area contributed by atoms with Gasteiger partial charge >= 0.3 is 0 Å². The molecule has 3 amide bonds. The van der Waals surface area contributed by atoms with Gasteiger partial charge in [-0.05, 0) is 54.6 Å². The van der Waals surface area contributed by atoms with E-state index in [0.717, 1.165) is 17.3 Å². The highest BCUT2D eigenvalue weighted by Gasteiger charge is 2.30. The zero-order chi connectivity index (χ0) is 20.4. The summed E-state index contributed by atoms with van der Waals surface area (Å²) in [5, 5.41) is 1.85. The minimum Gasteiger partial charge on any atom is -0.492 e. The Morgan fingerprint density at radius 2 is 1.90 bits per heavy atom. The van der Waals surface area contributed by atoms with Crippen LogP contribution in [0.15, 0.2) is 53.4 Å². The second kappa shape index (κ2) is 8.00. The van der Waals surface area contributed by atoms with Crippen LogP contribution in [0.25, 0.3) is 6.08 Å². The molecule has 4 rings (SSSR count). The molecule has 0 aliphatic carbocycles. The van der Waals surface area contributed by atoms with E-state index < -0.39 is 0 Å². The van der Waals surface area contributed by atoms with Crippen molar-refractivity contribution in [2.45, 2.75) is 13.2 Å². The molecule has 0 saturated carbocycles. The molecule has 7 nitrogen and oxygen atoms in total. The SMILES string of the molecule is CC1Oc2ccccc2C(=O)N1CCOc1ccc(/C=C2\SC(=O)NC2=O)cc1. The van der Waals surface area contributed by atoms with Gasteiger partial charge in [-0.2, -0.15) is 0 Å². The highest BCUT2D eigenvalue weighted by molar-refractivity contribution is 8.18. The van der Waals surface area contributed by atoms with Crippen LogP contribution in [0.4, 0.5) is 4.79 Å². The molecule has 2 aliphatic heterocycles. The molecule has 2 heterocycles. The predicted molar refractivity (Wildman–Crippen MR) is 109 cm³/mol. The Bertz CT molecular complexity index is 1000. The van der Waals surface area contributed by atoms with Gasteiger partial charge in [-0.1, -0.05) is 24.3 Å². The van der Waals surface area contributed by atoms with Crippen molar-refractivity contribution in [2.75, 3.05) is 13.2 Å². The topological polar surface area (TPSA) is 84.9 Å². The molecule has 1 atom stereocenters. The van der Waals surface area contributed by atoms with E-state index in [4.69, 9.17) is 9.47 Å². The first-order valence-corrected chi connectivity index (χ1v) is 9.87. The molecule has 1 N–H and O–H groups in total. The fourth-order valence-corrected chi connectivity index (χ4v) is 3.77. The number of hydrogen-bond acceptors (Lipinski definition) is 6. The number of carbonyl (C=O) groups excluding carboxylic acids is 3. The first kappa shape index (κ1) is 19.1. The van der Waals surface area contributed by atoms with Gasteiger partial charge in [0.05, 0.1) is 17.0 Å². The molecule has 2 aromatic carbocycles. The van der Waals surface area contributed by atoms with Crippen LogP contribution >= 0.6 is 11.8 Å². The molecule has 0 bridgehead atoms. The third-order valence-electron chi connectivity index (χ3n) is 4.54. The zero-order valence-electron chi connectivity index (χ0n) is 15.6. The number of ether oxygens (including phenoxy) is 2. The van der Waals surface area contributed by atoms with Crippen LogP contribution in [0.3, 0.4) is 0 Å². The number of hydrogen-bond donors (Lipinski definition) is 1. The Morgan fingerprint density at radius 3 is 2.62 bits per heavy atom. The number of nitrogens with one attached hydrogen (secondary N) is 1. The lowest BCUT2D eigenvalue weighted by atomic mass is 10.1. The van der Waals surface area contributed by atoms with Crippen LogP contribution < -0.4 is 14.8 Å². The first-order chi connectivity index (χ1) is 14.0. The molecule has 29 heavy (non-hydrogen) atoms. The lowest BCUT2D eigenvalue weighted by Crippen LogP contribution is -2.47. The van der Waals surface area contributed by atoms with Crippen molar-refractivity contribution >= 4 is 34.9 Å². The number of para-hydroxylation sites is 1. The Kier molecular flexibility index (Phi) is 5.26. The standard InChI is InChI=1S/C21H18N2O5S/c1-13-23(20(25)16-4-2-3-5-17(16)28-13)10-11-27-15-8-6-14(7-9-15)12-18-19(24)22-21(26)29-18/h2-9,12-13H,10-11H2,1H3,(H,22,24,26)/b18-12-. The van der Waals surface area contributed by atoms with Gasteiger partial charge in [-0.15, -0.1) is 0 Å². The summed E-state index contributed by atoms with van der Waals surface area (Å²) < 4.78 is 11.5. The monoisotopic (exact) mass is 410 g/mol. The molecule has 0 aromatic heterocycles. The van der Waals surface area contributed by atoms with Crippen LogP contribution in [-0.2, 0) is 4.79 Å². The summed E-state index contributed by atoms with van der Waals surface area (Å²) in [6.07, 6.45) is 1.28. The lowest BCUT2D eigenvalue weighted by Gasteiger charge is -2.34. The lowest BCUT2D eigenvalue weighted by molar-refractivity contribution is -0.115. The molecular weight excluding hydrogens is 392 g/mol. The van der Waals surface area contributed by atoms with Gasteiger partial charge in [0.25, 0.3) is 17.1 Å². The van der Waals surface area contributed by atoms with Gasteiger partial charge in [0.1, 0.15) is 18.1 Å². The van der Waals surface area contributed by atoms with E-state index in [1.54, 1.807) is 47.4 Å². The molecule has 1 fully saturated rings. The minimum absolute atomic E-state index is 0.0770. The quantitative estimate of drug-likeness (QED) is 0.762. The summed E-state index contributed by atoms with van der Waals surface area (Å²) in [4.78, 5) is 37.4. The maximum atomic E-state index is 12.7. The number of nitrogens with zero attached hydrogens (tertiary/aromatic N) is 1. The molecule has 0 radical (unpaired) electrons. The third-order valence-corrected chi connectivity index (χ3v) is 5.35.